The van der Waals surface area contributed by atoms with Crippen molar-refractivity contribution in [2.45, 2.75) is 22.6 Å². The van der Waals surface area contributed by atoms with E-state index in [-0.39, 0.29) is 37.7 Å². The van der Waals surface area contributed by atoms with Crippen LogP contribution in [0.25, 0.3) is 0 Å². The molecular formula is C22H20Cl2O2S2Zr. The minimum Gasteiger partial charge on any atom is -0.508 e. The summed E-state index contributed by atoms with van der Waals surface area (Å²) in [5.41, 5.74) is 0. The van der Waals surface area contributed by atoms with Crippen LogP contribution in [0.1, 0.15) is 12.8 Å². The summed E-state index contributed by atoms with van der Waals surface area (Å²) in [6, 6.07) is 13.4. The number of halogens is 2. The molecule has 0 unspecified atom stereocenters. The Bertz CT molecular complexity index is 687. The molecule has 4 rings (SSSR count). The van der Waals surface area contributed by atoms with Crippen molar-refractivity contribution >= 4 is 43.3 Å². The second kappa shape index (κ2) is 19.1. The predicted molar refractivity (Wildman–Crippen MR) is 123 cm³/mol. The van der Waals surface area contributed by atoms with E-state index in [4.69, 9.17) is 31.6 Å². The van der Waals surface area contributed by atoms with E-state index in [0.29, 0.717) is 0 Å². The zero-order valence-corrected chi connectivity index (χ0v) is 21.1. The third-order valence-corrected chi connectivity index (χ3v) is 4.99. The minimum atomic E-state index is 0. The van der Waals surface area contributed by atoms with Crippen LogP contribution >= 0.6 is 43.3 Å². The molecule has 2 aliphatic rings. The number of allylic oxidation sites excluding steroid dienone is 8. The number of hydrogen-bond acceptors (Lipinski definition) is 4. The Hall–Kier alpha value is -0.837. The molecule has 0 fully saturated rings. The molecule has 0 aliphatic heterocycles. The molecule has 2 N–H and O–H groups in total. The van der Waals surface area contributed by atoms with Crippen LogP contribution in [0.2, 0.25) is 0 Å². The summed E-state index contributed by atoms with van der Waals surface area (Å²) in [6.07, 6.45) is 20.0. The molecule has 0 aromatic heterocycles. The quantitative estimate of drug-likeness (QED) is 0.379. The van der Waals surface area contributed by atoms with Crippen molar-refractivity contribution in [1.82, 2.24) is 0 Å². The molecule has 150 valence electrons. The van der Waals surface area contributed by atoms with Crippen LogP contribution in [-0.2, 0) is 26.2 Å². The molecule has 2 aromatic rings. The fourth-order valence-electron chi connectivity index (χ4n) is 1.68. The van der Waals surface area contributed by atoms with Gasteiger partial charge in [-0.3, -0.25) is 12.2 Å². The van der Waals surface area contributed by atoms with Gasteiger partial charge in [0.05, 0.1) is 0 Å². The van der Waals surface area contributed by atoms with Crippen LogP contribution in [-0.4, -0.2) is 10.2 Å². The van der Waals surface area contributed by atoms with Gasteiger partial charge in [-0.25, -0.2) is 24.3 Å². The zero-order chi connectivity index (χ0) is 20.5. The molecule has 0 amide bonds. The van der Waals surface area contributed by atoms with Gasteiger partial charge in [0.15, 0.2) is 0 Å². The standard InChI is InChI=1S/2C6H5ClOS.2C5H5.Zr/c2*7-9-6-3-1-5(8)2-4-6;2*1-2-4-5-3-1;/h2*1-4,8H;2*1-3H,4H2;/q;;2*-1;+2. The van der Waals surface area contributed by atoms with Gasteiger partial charge in [-0.05, 0) is 91.8 Å². The zero-order valence-electron chi connectivity index (χ0n) is 15.5. The molecular weight excluding hydrogens is 523 g/mol. The monoisotopic (exact) mass is 540 g/mol. The third kappa shape index (κ3) is 15.6. The first-order valence-corrected chi connectivity index (χ1v) is 11.5. The molecule has 0 bridgehead atoms. The molecule has 0 heterocycles. The smallest absolute Gasteiger partial charge is 0.508 e. The predicted octanol–water partition coefficient (Wildman–Crippen LogP) is 7.89. The van der Waals surface area contributed by atoms with Crippen molar-refractivity contribution in [2.75, 3.05) is 0 Å². The van der Waals surface area contributed by atoms with Gasteiger partial charge < -0.3 is 10.2 Å². The molecule has 29 heavy (non-hydrogen) atoms. The number of aromatic hydroxyl groups is 2. The molecule has 2 aliphatic carbocycles. The van der Waals surface area contributed by atoms with Gasteiger partial charge in [-0.2, -0.15) is 12.2 Å². The number of benzene rings is 2. The van der Waals surface area contributed by atoms with E-state index in [2.05, 4.69) is 24.3 Å². The van der Waals surface area contributed by atoms with E-state index in [0.717, 1.165) is 44.6 Å². The fraction of sp³-hybridized carbons (Fsp3) is 0.0909. The van der Waals surface area contributed by atoms with Crippen molar-refractivity contribution in [2.24, 2.45) is 0 Å². The Labute approximate surface area is 209 Å². The van der Waals surface area contributed by atoms with Crippen LogP contribution in [0.15, 0.2) is 94.8 Å². The summed E-state index contributed by atoms with van der Waals surface area (Å²) in [5, 5.41) is 17.6. The average Bonchev–Trinajstić information content (AvgIpc) is 3.48. The Morgan fingerprint density at radius 2 is 1.00 bits per heavy atom. The van der Waals surface area contributed by atoms with Gasteiger partial charge in [-0.15, -0.1) is 12.8 Å². The summed E-state index contributed by atoms with van der Waals surface area (Å²) in [7, 11) is 13.1. The minimum absolute atomic E-state index is 0. The molecule has 0 radical (unpaired) electrons. The Morgan fingerprint density at radius 1 is 0.655 bits per heavy atom. The molecule has 7 heteroatoms. The normalized spacial score (nSPS) is 11.9. The topological polar surface area (TPSA) is 40.5 Å². The first-order chi connectivity index (χ1) is 13.7. The van der Waals surface area contributed by atoms with Crippen molar-refractivity contribution in [3.63, 3.8) is 0 Å². The fourth-order valence-corrected chi connectivity index (χ4v) is 2.77. The second-order valence-corrected chi connectivity index (χ2v) is 7.33. The van der Waals surface area contributed by atoms with E-state index in [1.165, 1.54) is 0 Å². The van der Waals surface area contributed by atoms with Crippen molar-refractivity contribution in [3.8, 4) is 11.5 Å². The van der Waals surface area contributed by atoms with Gasteiger partial charge in [0.2, 0.25) is 0 Å². The molecule has 0 atom stereocenters. The summed E-state index contributed by atoms with van der Waals surface area (Å²) in [5.74, 6) is 0.536. The van der Waals surface area contributed by atoms with Gasteiger partial charge >= 0.3 is 26.2 Å². The largest absolute Gasteiger partial charge is 2.00 e. The van der Waals surface area contributed by atoms with Crippen molar-refractivity contribution in [3.05, 3.63) is 97.1 Å². The van der Waals surface area contributed by atoms with Gasteiger partial charge in [0.25, 0.3) is 0 Å². The summed E-state index contributed by atoms with van der Waals surface area (Å²) >= 11 is 0. The van der Waals surface area contributed by atoms with Gasteiger partial charge in [0.1, 0.15) is 11.5 Å². The van der Waals surface area contributed by atoms with E-state index >= 15 is 0 Å². The first-order valence-electron chi connectivity index (χ1n) is 8.24. The third-order valence-electron chi connectivity index (χ3n) is 3.02. The first kappa shape index (κ1) is 28.2. The average molecular weight is 543 g/mol. The van der Waals surface area contributed by atoms with Crippen molar-refractivity contribution in [1.29, 1.82) is 0 Å². The summed E-state index contributed by atoms with van der Waals surface area (Å²) in [4.78, 5) is 1.88. The number of phenols is 2. The van der Waals surface area contributed by atoms with E-state index < -0.39 is 0 Å². The molecule has 0 saturated carbocycles. The van der Waals surface area contributed by atoms with Crippen LogP contribution < -0.4 is 0 Å². The molecule has 2 nitrogen and oxygen atoms in total. The van der Waals surface area contributed by atoms with Gasteiger partial charge in [0, 0.05) is 9.79 Å². The Balaban J connectivity index is 0.000000369. The van der Waals surface area contributed by atoms with Crippen LogP contribution in [0.5, 0.6) is 11.5 Å². The van der Waals surface area contributed by atoms with Crippen LogP contribution in [0.4, 0.5) is 0 Å². The Kier molecular flexibility index (Phi) is 18.6. The Morgan fingerprint density at radius 3 is 1.17 bits per heavy atom. The maximum absolute atomic E-state index is 8.80. The van der Waals surface area contributed by atoms with Crippen LogP contribution in [0, 0.1) is 12.2 Å². The van der Waals surface area contributed by atoms with E-state index in [1.807, 2.05) is 24.3 Å². The number of rotatable bonds is 2. The molecule has 2 aromatic carbocycles. The van der Waals surface area contributed by atoms with E-state index in [1.54, 1.807) is 48.5 Å². The molecule has 0 spiro atoms. The number of hydrogen-bond donors (Lipinski definition) is 2. The maximum Gasteiger partial charge on any atom is 2.00 e. The van der Waals surface area contributed by atoms with Crippen molar-refractivity contribution < 1.29 is 36.4 Å². The number of phenolic OH excluding ortho intramolecular Hbond substituents is 2. The summed E-state index contributed by atoms with van der Waals surface area (Å²) < 4.78 is 0. The maximum atomic E-state index is 8.80. The molecule has 0 saturated heterocycles. The van der Waals surface area contributed by atoms with Crippen LogP contribution in [0.3, 0.4) is 0 Å². The van der Waals surface area contributed by atoms with Gasteiger partial charge in [-0.1, -0.05) is 0 Å². The van der Waals surface area contributed by atoms with E-state index in [9.17, 15) is 0 Å². The second-order valence-electron chi connectivity index (χ2n) is 5.15. The SMILES string of the molecule is Oc1ccc(SCl)cc1.Oc1ccc(SCl)cc1.[C-]1=CC=CC1.[C-]1=CC=CC1.[Zr+2]. The summed E-state index contributed by atoms with van der Waals surface area (Å²) in [6.45, 7) is 0.